The Balaban J connectivity index is 0.000000325. The van der Waals surface area contributed by atoms with Crippen LogP contribution >= 0.6 is 0 Å². The van der Waals surface area contributed by atoms with E-state index in [-0.39, 0.29) is 0 Å². The summed E-state index contributed by atoms with van der Waals surface area (Å²) in [4.78, 5) is 2.00. The van der Waals surface area contributed by atoms with Crippen molar-refractivity contribution in [2.75, 3.05) is 21.1 Å². The van der Waals surface area contributed by atoms with Crippen LogP contribution in [-0.2, 0) is 12.8 Å². The number of hydrogen-bond donors (Lipinski definition) is 0. The van der Waals surface area contributed by atoms with Gasteiger partial charge in [-0.3, -0.25) is 0 Å². The van der Waals surface area contributed by atoms with Crippen molar-refractivity contribution < 1.29 is 0 Å². The molecule has 0 aromatic heterocycles. The van der Waals surface area contributed by atoms with Crippen molar-refractivity contribution in [1.29, 1.82) is 0 Å². The highest BCUT2D eigenvalue weighted by atomic mass is 15.0. The monoisotopic (exact) mass is 291 g/mol. The van der Waals surface area contributed by atoms with E-state index in [1.54, 1.807) is 11.1 Å². The minimum absolute atomic E-state index is 1.25. The topological polar surface area (TPSA) is 3.24 Å². The minimum atomic E-state index is 1.25. The average molecular weight is 291 g/mol. The molecule has 0 radical (unpaired) electrons. The van der Waals surface area contributed by atoms with Crippen LogP contribution in [0, 0.1) is 0 Å². The van der Waals surface area contributed by atoms with Gasteiger partial charge >= 0.3 is 0 Å². The molecule has 0 atom stereocenters. The molecule has 4 rings (SSSR count). The van der Waals surface area contributed by atoms with Crippen LogP contribution in [0.4, 0.5) is 0 Å². The predicted octanol–water partition coefficient (Wildman–Crippen LogP) is 5.05. The second-order valence-corrected chi connectivity index (χ2v) is 6.63. The van der Waals surface area contributed by atoms with E-state index in [9.17, 15) is 0 Å². The normalized spacial score (nSPS) is 13.8. The van der Waals surface area contributed by atoms with Gasteiger partial charge in [0.2, 0.25) is 0 Å². The summed E-state index contributed by atoms with van der Waals surface area (Å²) < 4.78 is 0. The Morgan fingerprint density at radius 3 is 2.18 bits per heavy atom. The van der Waals surface area contributed by atoms with E-state index in [0.717, 1.165) is 0 Å². The quantitative estimate of drug-likeness (QED) is 0.524. The summed E-state index contributed by atoms with van der Waals surface area (Å²) in [6.45, 7) is 0. The first-order valence-corrected chi connectivity index (χ1v) is 8.20. The Hall–Kier alpha value is -1.86. The van der Waals surface area contributed by atoms with Gasteiger partial charge in [0.25, 0.3) is 0 Å². The molecule has 0 heterocycles. The van der Waals surface area contributed by atoms with Crippen molar-refractivity contribution in [1.82, 2.24) is 4.90 Å². The second-order valence-electron chi connectivity index (χ2n) is 6.63. The highest BCUT2D eigenvalue weighted by Crippen LogP contribution is 2.33. The van der Waals surface area contributed by atoms with Crippen LogP contribution < -0.4 is 0 Å². The molecule has 0 fully saturated rings. The number of hydrogen-bond acceptors (Lipinski definition) is 1. The fraction of sp³-hybridized carbons (Fsp3) is 0.333. The molecular weight excluding hydrogens is 266 g/mol. The lowest BCUT2D eigenvalue weighted by atomic mass is 9.86. The molecule has 114 valence electrons. The molecule has 1 nitrogen and oxygen atoms in total. The Morgan fingerprint density at radius 2 is 1.36 bits per heavy atom. The molecule has 3 aromatic rings. The average Bonchev–Trinajstić information content (AvgIpc) is 2.54. The second kappa shape index (κ2) is 6.50. The van der Waals surface area contributed by atoms with E-state index in [0.29, 0.717) is 0 Å². The maximum atomic E-state index is 2.35. The lowest BCUT2D eigenvalue weighted by Gasteiger charge is -2.18. The van der Waals surface area contributed by atoms with Gasteiger partial charge < -0.3 is 4.90 Å². The van der Waals surface area contributed by atoms with Crippen LogP contribution in [-0.4, -0.2) is 26.0 Å². The summed E-state index contributed by atoms with van der Waals surface area (Å²) in [6, 6.07) is 18.0. The first-order valence-electron chi connectivity index (χ1n) is 8.20. The maximum absolute atomic E-state index is 2.35. The van der Waals surface area contributed by atoms with Crippen molar-refractivity contribution >= 4 is 21.5 Å². The Bertz CT molecular complexity index is 784. The van der Waals surface area contributed by atoms with Gasteiger partial charge in [-0.05, 0) is 79.5 Å². The van der Waals surface area contributed by atoms with Crippen LogP contribution in [0.25, 0.3) is 21.5 Å². The number of benzene rings is 3. The van der Waals surface area contributed by atoms with Gasteiger partial charge in [-0.2, -0.15) is 0 Å². The van der Waals surface area contributed by atoms with Crippen molar-refractivity contribution in [2.45, 2.75) is 25.7 Å². The largest absolute Gasteiger partial charge is 0.312 e. The highest BCUT2D eigenvalue weighted by molar-refractivity contribution is 6.08. The van der Waals surface area contributed by atoms with Crippen LogP contribution in [0.2, 0.25) is 0 Å². The molecule has 1 aliphatic carbocycles. The van der Waals surface area contributed by atoms with Crippen molar-refractivity contribution in [3.8, 4) is 0 Å². The molecule has 0 spiro atoms. The molecule has 1 heteroatoms. The molecule has 0 unspecified atom stereocenters. The Kier molecular flexibility index (Phi) is 4.44. The predicted molar refractivity (Wildman–Crippen MR) is 97.7 cm³/mol. The Labute approximate surface area is 133 Å². The van der Waals surface area contributed by atoms with Crippen LogP contribution in [0.3, 0.4) is 0 Å². The first kappa shape index (κ1) is 15.1. The van der Waals surface area contributed by atoms with Crippen LogP contribution in [0.1, 0.15) is 24.0 Å². The Morgan fingerprint density at radius 1 is 0.682 bits per heavy atom. The van der Waals surface area contributed by atoms with Crippen molar-refractivity contribution in [3.63, 3.8) is 0 Å². The molecular formula is C21H25N. The molecule has 1 aliphatic rings. The van der Waals surface area contributed by atoms with Gasteiger partial charge in [-0.15, -0.1) is 0 Å². The summed E-state index contributed by atoms with van der Waals surface area (Å²) in [5.74, 6) is 0. The number of fused-ring (bicyclic) bond motifs is 5. The van der Waals surface area contributed by atoms with E-state index in [1.165, 1.54) is 47.2 Å². The molecule has 3 aromatic carbocycles. The first-order chi connectivity index (χ1) is 10.7. The van der Waals surface area contributed by atoms with Crippen LogP contribution in [0.5, 0.6) is 0 Å². The molecule has 0 bridgehead atoms. The van der Waals surface area contributed by atoms with E-state index in [1.807, 2.05) is 26.0 Å². The zero-order chi connectivity index (χ0) is 15.5. The van der Waals surface area contributed by atoms with E-state index >= 15 is 0 Å². The van der Waals surface area contributed by atoms with Gasteiger partial charge in [0.15, 0.2) is 0 Å². The molecule has 0 aliphatic heterocycles. The lowest BCUT2D eigenvalue weighted by molar-refractivity contribution is 0.505. The number of rotatable bonds is 0. The van der Waals surface area contributed by atoms with Gasteiger partial charge in [0, 0.05) is 0 Å². The third-order valence-corrected chi connectivity index (χ3v) is 4.26. The molecule has 0 amide bonds. The minimum Gasteiger partial charge on any atom is -0.312 e. The van der Waals surface area contributed by atoms with Gasteiger partial charge in [-0.25, -0.2) is 0 Å². The standard InChI is InChI=1S/C18H16.C3H9N/c1-3-7-15-13(5-1)9-11-18-16-8-4-2-6-14(16)10-12-17(15)18;1-4(2)3/h1,3,5,7,9-12H,2,4,6,8H2;1-3H3. The summed E-state index contributed by atoms with van der Waals surface area (Å²) >= 11 is 0. The third-order valence-electron chi connectivity index (χ3n) is 4.26. The van der Waals surface area contributed by atoms with Gasteiger partial charge in [-0.1, -0.05) is 48.5 Å². The molecule has 0 saturated heterocycles. The zero-order valence-corrected chi connectivity index (χ0v) is 13.9. The van der Waals surface area contributed by atoms with E-state index in [2.05, 4.69) is 48.5 Å². The smallest absolute Gasteiger partial charge is 0.0102 e. The fourth-order valence-electron chi connectivity index (χ4n) is 3.34. The molecule has 0 N–H and O–H groups in total. The zero-order valence-electron chi connectivity index (χ0n) is 13.9. The summed E-state index contributed by atoms with van der Waals surface area (Å²) in [5, 5.41) is 5.64. The van der Waals surface area contributed by atoms with Gasteiger partial charge in [0.05, 0.1) is 0 Å². The summed E-state index contributed by atoms with van der Waals surface area (Å²) in [7, 11) is 6.00. The SMILES string of the molecule is CN(C)C.c1ccc2c(c1)ccc1c3c(ccc12)CCCC3. The molecule has 0 saturated carbocycles. The summed E-state index contributed by atoms with van der Waals surface area (Å²) in [5.41, 5.74) is 3.17. The van der Waals surface area contributed by atoms with Crippen molar-refractivity contribution in [2.24, 2.45) is 0 Å². The fourth-order valence-corrected chi connectivity index (χ4v) is 3.34. The van der Waals surface area contributed by atoms with Crippen molar-refractivity contribution in [3.05, 3.63) is 59.7 Å². The van der Waals surface area contributed by atoms with E-state index in [4.69, 9.17) is 0 Å². The van der Waals surface area contributed by atoms with Crippen LogP contribution in [0.15, 0.2) is 48.5 Å². The third kappa shape index (κ3) is 3.00. The maximum Gasteiger partial charge on any atom is -0.0102 e. The highest BCUT2D eigenvalue weighted by Gasteiger charge is 2.13. The molecule has 22 heavy (non-hydrogen) atoms. The number of aryl methyl sites for hydroxylation is 2. The van der Waals surface area contributed by atoms with E-state index < -0.39 is 0 Å². The number of nitrogens with zero attached hydrogens (tertiary/aromatic N) is 1. The summed E-state index contributed by atoms with van der Waals surface area (Å²) in [6.07, 6.45) is 5.22. The lowest BCUT2D eigenvalue weighted by Crippen LogP contribution is -2.02. The van der Waals surface area contributed by atoms with Gasteiger partial charge in [0.1, 0.15) is 0 Å².